The topological polar surface area (TPSA) is 80.0 Å². The van der Waals surface area contributed by atoms with Crippen LogP contribution in [0.1, 0.15) is 37.6 Å². The summed E-state index contributed by atoms with van der Waals surface area (Å²) in [7, 11) is 0. The number of allylic oxidation sites excluding steroid dienone is 1. The van der Waals surface area contributed by atoms with Gasteiger partial charge < -0.3 is 19.2 Å². The molecule has 6 heteroatoms. The Morgan fingerprint density at radius 2 is 2.00 bits per heavy atom. The monoisotopic (exact) mass is 381 g/mol. The summed E-state index contributed by atoms with van der Waals surface area (Å²) in [5.74, 6) is -0.258. The molecule has 146 valence electrons. The normalized spacial score (nSPS) is 17.0. The highest BCUT2D eigenvalue weighted by atomic mass is 16.5. The van der Waals surface area contributed by atoms with E-state index in [0.717, 1.165) is 17.7 Å². The molecule has 3 rings (SSSR count). The van der Waals surface area contributed by atoms with Gasteiger partial charge in [-0.3, -0.25) is 9.59 Å². The van der Waals surface area contributed by atoms with Crippen LogP contribution in [-0.4, -0.2) is 34.8 Å². The van der Waals surface area contributed by atoms with Crippen molar-refractivity contribution in [1.29, 1.82) is 0 Å². The van der Waals surface area contributed by atoms with Gasteiger partial charge in [0.15, 0.2) is 11.5 Å². The van der Waals surface area contributed by atoms with Crippen molar-refractivity contribution >= 4 is 17.8 Å². The molecule has 0 aliphatic carbocycles. The lowest BCUT2D eigenvalue weighted by Crippen LogP contribution is -2.30. The highest BCUT2D eigenvalue weighted by Gasteiger charge is 2.42. The lowest BCUT2D eigenvalue weighted by molar-refractivity contribution is -0.129. The Balaban J connectivity index is 1.91. The second-order valence-electron chi connectivity index (χ2n) is 6.39. The average molecular weight is 381 g/mol. The molecule has 0 spiro atoms. The number of hydrogen-bond acceptors (Lipinski definition) is 5. The quantitative estimate of drug-likeness (QED) is 0.698. The molecule has 6 nitrogen and oxygen atoms in total. The average Bonchev–Trinajstić information content (AvgIpc) is 3.32. The molecule has 0 bridgehead atoms. The van der Waals surface area contributed by atoms with Gasteiger partial charge in [0, 0.05) is 6.54 Å². The van der Waals surface area contributed by atoms with Crippen LogP contribution in [0.2, 0.25) is 0 Å². The summed E-state index contributed by atoms with van der Waals surface area (Å²) in [6.07, 6.45) is 5.23. The zero-order chi connectivity index (χ0) is 20.1. The van der Waals surface area contributed by atoms with E-state index < -0.39 is 23.5 Å². The summed E-state index contributed by atoms with van der Waals surface area (Å²) in [5.41, 5.74) is 0.801. The van der Waals surface area contributed by atoms with E-state index in [4.69, 9.17) is 9.15 Å². The number of carbonyl (C=O) groups is 2. The number of aliphatic hydroxyl groups excluding tert-OH is 1. The van der Waals surface area contributed by atoms with E-state index >= 15 is 0 Å². The predicted molar refractivity (Wildman–Crippen MR) is 105 cm³/mol. The van der Waals surface area contributed by atoms with Gasteiger partial charge in [0.25, 0.3) is 5.91 Å². The van der Waals surface area contributed by atoms with E-state index in [-0.39, 0.29) is 5.57 Å². The maximum absolute atomic E-state index is 12.8. The van der Waals surface area contributed by atoms with Crippen molar-refractivity contribution in [2.24, 2.45) is 0 Å². The smallest absolute Gasteiger partial charge is 0.290 e. The van der Waals surface area contributed by atoms with Gasteiger partial charge in [-0.05, 0) is 55.3 Å². The summed E-state index contributed by atoms with van der Waals surface area (Å²) in [6, 6.07) is 10.0. The van der Waals surface area contributed by atoms with Crippen molar-refractivity contribution < 1.29 is 23.8 Å². The zero-order valence-electron chi connectivity index (χ0n) is 15.9. The fourth-order valence-electron chi connectivity index (χ4n) is 3.18. The summed E-state index contributed by atoms with van der Waals surface area (Å²) in [6.45, 7) is 4.81. The number of ketones is 1. The molecule has 1 aromatic carbocycles. The fourth-order valence-corrected chi connectivity index (χ4v) is 3.18. The number of amides is 1. The van der Waals surface area contributed by atoms with Crippen LogP contribution < -0.4 is 4.74 Å². The molecule has 1 aliphatic heterocycles. The number of benzene rings is 1. The van der Waals surface area contributed by atoms with Crippen LogP contribution in [0.25, 0.3) is 6.08 Å². The minimum Gasteiger partial charge on any atom is -0.503 e. The minimum absolute atomic E-state index is 0.0666. The molecule has 2 aromatic rings. The molecular formula is C22H23NO5. The molecule has 0 saturated heterocycles. The number of carbonyl (C=O) groups excluding carboxylic acids is 2. The van der Waals surface area contributed by atoms with Crippen molar-refractivity contribution in [2.45, 2.75) is 26.3 Å². The Hall–Kier alpha value is -3.28. The van der Waals surface area contributed by atoms with Gasteiger partial charge in [-0.2, -0.15) is 0 Å². The molecule has 1 aliphatic rings. The number of furan rings is 1. The lowest BCUT2D eigenvalue weighted by Gasteiger charge is -2.25. The van der Waals surface area contributed by atoms with Crippen LogP contribution >= 0.6 is 0 Å². The van der Waals surface area contributed by atoms with Crippen LogP contribution in [0.3, 0.4) is 0 Å². The predicted octanol–water partition coefficient (Wildman–Crippen LogP) is 4.07. The first-order chi connectivity index (χ1) is 13.6. The van der Waals surface area contributed by atoms with Crippen molar-refractivity contribution in [1.82, 2.24) is 4.90 Å². The molecule has 0 fully saturated rings. The van der Waals surface area contributed by atoms with Gasteiger partial charge in [-0.25, -0.2) is 0 Å². The first kappa shape index (κ1) is 19.5. The SMILES string of the molecule is CCCOc1ccc(C2C(C(=O)/C=C/c3ccco3)=C(O)C(=O)N2CC)cc1. The standard InChI is InChI=1S/C22H23NO5/c1-3-13-27-17-9-7-15(8-10-17)20-19(21(25)22(26)23(20)4-2)18(24)12-11-16-6-5-14-28-16/h5-12,14,20,25H,3-4,13H2,1-2H3/b12-11+. The van der Waals surface area contributed by atoms with Crippen molar-refractivity contribution in [3.05, 3.63) is 71.4 Å². The van der Waals surface area contributed by atoms with E-state index in [1.807, 2.05) is 26.0 Å². The second kappa shape index (κ2) is 8.61. The first-order valence-corrected chi connectivity index (χ1v) is 9.29. The number of ether oxygens (including phenoxy) is 1. The van der Waals surface area contributed by atoms with Crippen LogP contribution in [0, 0.1) is 0 Å². The summed E-state index contributed by atoms with van der Waals surface area (Å²) in [5, 5.41) is 10.4. The molecule has 28 heavy (non-hydrogen) atoms. The van der Waals surface area contributed by atoms with Crippen LogP contribution in [0.4, 0.5) is 0 Å². The van der Waals surface area contributed by atoms with E-state index in [9.17, 15) is 14.7 Å². The van der Waals surface area contributed by atoms with Gasteiger partial charge in [0.1, 0.15) is 11.5 Å². The molecular weight excluding hydrogens is 358 g/mol. The largest absolute Gasteiger partial charge is 0.503 e. The van der Waals surface area contributed by atoms with E-state index in [0.29, 0.717) is 18.9 Å². The first-order valence-electron chi connectivity index (χ1n) is 9.29. The Labute approximate surface area is 163 Å². The highest BCUT2D eigenvalue weighted by molar-refractivity contribution is 6.14. The maximum atomic E-state index is 12.8. The van der Waals surface area contributed by atoms with Crippen LogP contribution in [-0.2, 0) is 9.59 Å². The summed E-state index contributed by atoms with van der Waals surface area (Å²) in [4.78, 5) is 26.8. The van der Waals surface area contributed by atoms with E-state index in [1.54, 1.807) is 24.3 Å². The molecule has 0 radical (unpaired) electrons. The van der Waals surface area contributed by atoms with Gasteiger partial charge in [-0.15, -0.1) is 0 Å². The molecule has 1 atom stereocenters. The van der Waals surface area contributed by atoms with Crippen molar-refractivity contribution in [2.75, 3.05) is 13.2 Å². The minimum atomic E-state index is -0.647. The van der Waals surface area contributed by atoms with Gasteiger partial charge in [0.05, 0.1) is 24.5 Å². The van der Waals surface area contributed by atoms with Crippen molar-refractivity contribution in [3.8, 4) is 5.75 Å². The summed E-state index contributed by atoms with van der Waals surface area (Å²) < 4.78 is 10.8. The van der Waals surface area contributed by atoms with Gasteiger partial charge >= 0.3 is 0 Å². The molecule has 0 saturated carbocycles. The number of rotatable bonds is 8. The maximum Gasteiger partial charge on any atom is 0.290 e. The zero-order valence-corrected chi connectivity index (χ0v) is 15.9. The van der Waals surface area contributed by atoms with E-state index in [2.05, 4.69) is 0 Å². The summed E-state index contributed by atoms with van der Waals surface area (Å²) >= 11 is 0. The van der Waals surface area contributed by atoms with Gasteiger partial charge in [-0.1, -0.05) is 19.1 Å². The van der Waals surface area contributed by atoms with Crippen molar-refractivity contribution in [3.63, 3.8) is 0 Å². The Bertz CT molecular complexity index is 894. The van der Waals surface area contributed by atoms with Crippen LogP contribution in [0.5, 0.6) is 5.75 Å². The van der Waals surface area contributed by atoms with Gasteiger partial charge in [0.2, 0.25) is 0 Å². The Morgan fingerprint density at radius 1 is 1.25 bits per heavy atom. The number of likely N-dealkylation sites (N-methyl/N-ethyl adjacent to an activating group) is 1. The number of nitrogens with zero attached hydrogens (tertiary/aromatic N) is 1. The third kappa shape index (κ3) is 3.86. The van der Waals surface area contributed by atoms with E-state index in [1.165, 1.54) is 23.3 Å². The molecule has 1 N–H and O–H groups in total. The third-order valence-electron chi connectivity index (χ3n) is 4.52. The number of hydrogen-bond donors (Lipinski definition) is 1. The molecule has 2 heterocycles. The van der Waals surface area contributed by atoms with Crippen LogP contribution in [0.15, 0.2) is 64.5 Å². The Morgan fingerprint density at radius 3 is 2.61 bits per heavy atom. The second-order valence-corrected chi connectivity index (χ2v) is 6.39. The number of aliphatic hydroxyl groups is 1. The molecule has 1 aromatic heterocycles. The lowest BCUT2D eigenvalue weighted by atomic mass is 9.95. The Kier molecular flexibility index (Phi) is 5.99. The highest BCUT2D eigenvalue weighted by Crippen LogP contribution is 2.38. The molecule has 1 amide bonds. The third-order valence-corrected chi connectivity index (χ3v) is 4.52. The fraction of sp³-hybridized carbons (Fsp3) is 0.273. The molecule has 1 unspecified atom stereocenters.